The van der Waals surface area contributed by atoms with Crippen molar-refractivity contribution in [3.05, 3.63) is 46.5 Å². The van der Waals surface area contributed by atoms with Crippen molar-refractivity contribution in [1.82, 2.24) is 15.2 Å². The lowest BCUT2D eigenvalue weighted by Crippen LogP contribution is -2.34. The first-order valence-electron chi connectivity index (χ1n) is 11.7. The first-order valence-corrected chi connectivity index (χ1v) is 12.5. The van der Waals surface area contributed by atoms with Crippen LogP contribution in [0.3, 0.4) is 0 Å². The normalized spacial score (nSPS) is 18.1. The number of benzene rings is 1. The van der Waals surface area contributed by atoms with Gasteiger partial charge in [-0.2, -0.15) is 5.26 Å². The second-order valence-corrected chi connectivity index (χ2v) is 10.1. The third-order valence-corrected chi connectivity index (χ3v) is 8.00. The molecule has 7 nitrogen and oxygen atoms in total. The maximum atomic E-state index is 12.1. The highest BCUT2D eigenvalue weighted by atomic mass is 32.1. The van der Waals surface area contributed by atoms with Crippen LogP contribution >= 0.6 is 11.3 Å². The molecule has 5 rings (SSSR count). The van der Waals surface area contributed by atoms with Crippen LogP contribution in [0.1, 0.15) is 42.2 Å². The summed E-state index contributed by atoms with van der Waals surface area (Å²) in [5.74, 6) is -0.224. The Balaban J connectivity index is 1.64. The number of anilines is 1. The van der Waals surface area contributed by atoms with Gasteiger partial charge in [-0.3, -0.25) is 19.5 Å². The van der Waals surface area contributed by atoms with E-state index >= 15 is 0 Å². The van der Waals surface area contributed by atoms with Gasteiger partial charge in [-0.25, -0.2) is 0 Å². The molecule has 0 radical (unpaired) electrons. The minimum absolute atomic E-state index is 0.112. The van der Waals surface area contributed by atoms with Gasteiger partial charge in [0.25, 0.3) is 0 Å². The monoisotopic (exact) mass is 473 g/mol. The van der Waals surface area contributed by atoms with Gasteiger partial charge in [0.1, 0.15) is 0 Å². The van der Waals surface area contributed by atoms with Crippen molar-refractivity contribution in [3.8, 4) is 17.2 Å². The summed E-state index contributed by atoms with van der Waals surface area (Å²) < 4.78 is 1.01. The van der Waals surface area contributed by atoms with Crippen LogP contribution in [0.2, 0.25) is 0 Å². The maximum Gasteiger partial charge on any atom is 0.230 e. The summed E-state index contributed by atoms with van der Waals surface area (Å²) in [5.41, 5.74) is 5.84. The lowest BCUT2D eigenvalue weighted by Gasteiger charge is -2.31. The number of imide groups is 1. The van der Waals surface area contributed by atoms with E-state index in [1.54, 1.807) is 17.5 Å². The lowest BCUT2D eigenvalue weighted by atomic mass is 9.94. The van der Waals surface area contributed by atoms with Gasteiger partial charge in [-0.15, -0.1) is 11.3 Å². The van der Waals surface area contributed by atoms with Gasteiger partial charge in [-0.1, -0.05) is 6.92 Å². The number of amides is 2. The van der Waals surface area contributed by atoms with E-state index < -0.39 is 0 Å². The highest BCUT2D eigenvalue weighted by Gasteiger charge is 2.30. The van der Waals surface area contributed by atoms with Gasteiger partial charge in [0, 0.05) is 60.4 Å². The molecule has 0 saturated carbocycles. The largest absolute Gasteiger partial charge is 0.370 e. The van der Waals surface area contributed by atoms with Gasteiger partial charge in [0.05, 0.1) is 28.4 Å². The van der Waals surface area contributed by atoms with Gasteiger partial charge in [0.2, 0.25) is 11.8 Å². The van der Waals surface area contributed by atoms with Gasteiger partial charge < -0.3 is 10.2 Å². The average molecular weight is 474 g/mol. The Bertz CT molecular complexity index is 1300. The van der Waals surface area contributed by atoms with Crippen LogP contribution in [0.15, 0.2) is 30.5 Å². The molecule has 1 N–H and O–H groups in total. The Labute approximate surface area is 203 Å². The molecule has 2 saturated heterocycles. The molecule has 2 amide bonds. The number of aromatic nitrogens is 1. The summed E-state index contributed by atoms with van der Waals surface area (Å²) in [6, 6.07) is 10.7. The highest BCUT2D eigenvalue weighted by molar-refractivity contribution is 7.19. The van der Waals surface area contributed by atoms with Crippen LogP contribution < -0.4 is 10.2 Å². The Morgan fingerprint density at radius 3 is 2.71 bits per heavy atom. The Hall–Kier alpha value is -3.28. The number of carbonyl (C=O) groups excluding carboxylic acids is 2. The van der Waals surface area contributed by atoms with Crippen LogP contribution in [0, 0.1) is 11.3 Å². The van der Waals surface area contributed by atoms with Crippen molar-refractivity contribution in [1.29, 1.82) is 5.26 Å². The van der Waals surface area contributed by atoms with Crippen molar-refractivity contribution < 1.29 is 9.59 Å². The number of rotatable bonds is 6. The summed E-state index contributed by atoms with van der Waals surface area (Å²) in [4.78, 5) is 33.5. The number of nitrogens with zero attached hydrogens (tertiary/aromatic N) is 4. The molecule has 2 fully saturated rings. The zero-order valence-corrected chi connectivity index (χ0v) is 20.2. The number of fused-ring (bicyclic) bond motifs is 1. The van der Waals surface area contributed by atoms with Crippen molar-refractivity contribution in [2.75, 3.05) is 25.0 Å². The van der Waals surface area contributed by atoms with E-state index in [1.165, 1.54) is 4.90 Å². The predicted octanol–water partition coefficient (Wildman–Crippen LogP) is 3.84. The number of pyridine rings is 1. The maximum absolute atomic E-state index is 12.1. The predicted molar refractivity (Wildman–Crippen MR) is 134 cm³/mol. The number of aryl methyl sites for hydroxylation is 1. The molecular formula is C26H27N5O2S. The van der Waals surface area contributed by atoms with Crippen molar-refractivity contribution in [2.45, 2.75) is 45.2 Å². The van der Waals surface area contributed by atoms with Crippen LogP contribution in [-0.2, 0) is 22.6 Å². The number of likely N-dealkylation sites (tertiary alicyclic amines) is 1. The van der Waals surface area contributed by atoms with Crippen LogP contribution in [0.25, 0.3) is 21.3 Å². The van der Waals surface area contributed by atoms with E-state index in [0.717, 1.165) is 63.4 Å². The second kappa shape index (κ2) is 9.16. The fraction of sp³-hybridized carbons (Fsp3) is 0.385. The Morgan fingerprint density at radius 1 is 1.24 bits per heavy atom. The Morgan fingerprint density at radius 2 is 2.03 bits per heavy atom. The molecule has 0 unspecified atom stereocenters. The summed E-state index contributed by atoms with van der Waals surface area (Å²) in [5, 5.41) is 13.2. The quantitative estimate of drug-likeness (QED) is 0.547. The molecule has 4 heterocycles. The summed E-state index contributed by atoms with van der Waals surface area (Å²) >= 11 is 1.57. The fourth-order valence-electron chi connectivity index (χ4n) is 5.04. The molecule has 0 aliphatic carbocycles. The lowest BCUT2D eigenvalue weighted by molar-refractivity contribution is -0.138. The molecule has 2 aliphatic rings. The number of carbonyl (C=O) groups is 2. The molecule has 8 heteroatoms. The number of thiophene rings is 1. The van der Waals surface area contributed by atoms with Crippen LogP contribution in [0.4, 0.5) is 5.69 Å². The molecular weight excluding hydrogens is 446 g/mol. The van der Waals surface area contributed by atoms with E-state index in [1.807, 2.05) is 24.3 Å². The van der Waals surface area contributed by atoms with E-state index in [4.69, 9.17) is 0 Å². The molecule has 1 aromatic carbocycles. The van der Waals surface area contributed by atoms with Gasteiger partial charge >= 0.3 is 0 Å². The summed E-state index contributed by atoms with van der Waals surface area (Å²) in [7, 11) is 2.14. The van der Waals surface area contributed by atoms with Crippen LogP contribution in [0.5, 0.6) is 0 Å². The number of likely N-dealkylation sites (N-methyl/N-ethyl adjacent to an activating group) is 1. The zero-order valence-electron chi connectivity index (χ0n) is 19.4. The fourth-order valence-corrected chi connectivity index (χ4v) is 6.17. The average Bonchev–Trinajstić information content (AvgIpc) is 3.60. The van der Waals surface area contributed by atoms with Crippen molar-refractivity contribution in [3.63, 3.8) is 0 Å². The number of hydrogen-bond donors (Lipinski definition) is 1. The zero-order chi connectivity index (χ0) is 23.8. The standard InChI is InChI=1S/C26H27N5O2S/c1-3-17-10-16(13-27)11-21(25(17)30(2)18-6-8-28-14-18)20-7-9-29-22-12-19(34-26(20)22)15-31-23(32)4-5-24(31)33/h7,9-12,18,28H,3-6,8,14-15H2,1-2H3/t18-/m0/s1. The topological polar surface area (TPSA) is 89.3 Å². The number of hydrogen-bond acceptors (Lipinski definition) is 7. The minimum atomic E-state index is -0.112. The van der Waals surface area contributed by atoms with E-state index in [-0.39, 0.29) is 18.4 Å². The summed E-state index contributed by atoms with van der Waals surface area (Å²) in [6.07, 6.45) is 4.28. The summed E-state index contributed by atoms with van der Waals surface area (Å²) in [6.45, 7) is 4.35. The first kappa shape index (κ1) is 22.5. The highest BCUT2D eigenvalue weighted by Crippen LogP contribution is 2.42. The molecule has 1 atom stereocenters. The first-order chi connectivity index (χ1) is 16.5. The van der Waals surface area contributed by atoms with Gasteiger partial charge in [-0.05, 0) is 49.2 Å². The van der Waals surface area contributed by atoms with Crippen molar-refractivity contribution in [2.24, 2.45) is 0 Å². The Kier molecular flexibility index (Phi) is 6.07. The SMILES string of the molecule is CCc1cc(C#N)cc(-c2ccnc3cc(CN4C(=O)CCC4=O)sc23)c1N(C)[C@H]1CCNC1. The number of nitriles is 1. The molecule has 174 valence electrons. The van der Waals surface area contributed by atoms with E-state index in [0.29, 0.717) is 24.4 Å². The van der Waals surface area contributed by atoms with Crippen LogP contribution in [-0.4, -0.2) is 47.9 Å². The number of nitrogens with one attached hydrogen (secondary N) is 1. The third kappa shape index (κ3) is 3.95. The van der Waals surface area contributed by atoms with E-state index in [2.05, 4.69) is 35.2 Å². The van der Waals surface area contributed by atoms with Gasteiger partial charge in [0.15, 0.2) is 0 Å². The van der Waals surface area contributed by atoms with E-state index in [9.17, 15) is 14.9 Å². The minimum Gasteiger partial charge on any atom is -0.370 e. The smallest absolute Gasteiger partial charge is 0.230 e. The third-order valence-electron chi connectivity index (χ3n) is 6.86. The molecule has 0 spiro atoms. The second-order valence-electron chi connectivity index (χ2n) is 8.91. The molecule has 3 aromatic rings. The molecule has 34 heavy (non-hydrogen) atoms. The van der Waals surface area contributed by atoms with Crippen molar-refractivity contribution >= 4 is 39.1 Å². The molecule has 2 aromatic heterocycles. The molecule has 2 aliphatic heterocycles. The molecule has 0 bridgehead atoms.